The largest absolute Gasteiger partial charge is 0.309 e. The minimum absolute atomic E-state index is 0.204. The number of hydrogen-bond acceptors (Lipinski definition) is 2. The van der Waals surface area contributed by atoms with Gasteiger partial charge < -0.3 is 5.32 Å². The van der Waals surface area contributed by atoms with E-state index in [0.717, 1.165) is 9.50 Å². The number of benzene rings is 1. The van der Waals surface area contributed by atoms with Crippen LogP contribution in [0.4, 0.5) is 0 Å². The van der Waals surface area contributed by atoms with Crippen LogP contribution in [0.2, 0.25) is 5.02 Å². The molecule has 4 heteroatoms. The van der Waals surface area contributed by atoms with Gasteiger partial charge in [-0.05, 0) is 42.3 Å². The van der Waals surface area contributed by atoms with E-state index < -0.39 is 0 Å². The quantitative estimate of drug-likeness (QED) is 0.881. The Labute approximate surface area is 113 Å². The first-order valence-electron chi connectivity index (χ1n) is 4.87. The van der Waals surface area contributed by atoms with E-state index >= 15 is 0 Å². The molecule has 1 nitrogen and oxygen atoms in total. The lowest BCUT2D eigenvalue weighted by Crippen LogP contribution is -2.16. The molecule has 1 atom stereocenters. The van der Waals surface area contributed by atoms with Crippen molar-refractivity contribution in [3.8, 4) is 0 Å². The molecule has 0 fully saturated rings. The van der Waals surface area contributed by atoms with Crippen LogP contribution in [0.5, 0.6) is 0 Å². The number of rotatable bonds is 3. The zero-order valence-corrected chi connectivity index (χ0v) is 11.9. The predicted octanol–water partition coefficient (Wildman–Crippen LogP) is 4.47. The third-order valence-electron chi connectivity index (χ3n) is 2.33. The highest BCUT2D eigenvalue weighted by Crippen LogP contribution is 2.29. The van der Waals surface area contributed by atoms with Crippen molar-refractivity contribution >= 4 is 38.9 Å². The minimum Gasteiger partial charge on any atom is -0.309 e. The maximum absolute atomic E-state index is 6.06. The van der Waals surface area contributed by atoms with Crippen molar-refractivity contribution in [2.75, 3.05) is 7.05 Å². The number of nitrogens with one attached hydrogen (secondary N) is 1. The summed E-state index contributed by atoms with van der Waals surface area (Å²) in [6, 6.07) is 10.4. The number of thiophene rings is 1. The molecule has 1 heterocycles. The summed E-state index contributed by atoms with van der Waals surface area (Å²) < 4.78 is 1.01. The van der Waals surface area contributed by atoms with Crippen LogP contribution in [0.25, 0.3) is 0 Å². The lowest BCUT2D eigenvalue weighted by Gasteiger charge is -2.15. The van der Waals surface area contributed by atoms with Gasteiger partial charge in [0, 0.05) is 14.4 Å². The van der Waals surface area contributed by atoms with Crippen LogP contribution in [0.3, 0.4) is 0 Å². The van der Waals surface area contributed by atoms with E-state index in [4.69, 9.17) is 11.6 Å². The topological polar surface area (TPSA) is 12.0 Å². The van der Waals surface area contributed by atoms with Gasteiger partial charge in [0.2, 0.25) is 0 Å². The Kier molecular flexibility index (Phi) is 4.03. The molecule has 0 saturated carbocycles. The first-order valence-corrected chi connectivity index (χ1v) is 6.92. The maximum Gasteiger partial charge on any atom is 0.0669 e. The summed E-state index contributed by atoms with van der Waals surface area (Å²) in [6.45, 7) is 0. The van der Waals surface area contributed by atoms with Crippen molar-refractivity contribution in [3.63, 3.8) is 0 Å². The lowest BCUT2D eigenvalue weighted by atomic mass is 10.1. The molecule has 84 valence electrons. The molecule has 1 aromatic heterocycles. The van der Waals surface area contributed by atoms with E-state index in [1.54, 1.807) is 11.3 Å². The van der Waals surface area contributed by atoms with Crippen molar-refractivity contribution in [2.24, 2.45) is 0 Å². The van der Waals surface area contributed by atoms with Crippen LogP contribution >= 0.6 is 38.9 Å². The predicted molar refractivity (Wildman–Crippen MR) is 74.4 cm³/mol. The standard InChI is InChI=1S/C12H11BrClNS/c1-15-12(11-3-2-4-16-11)8-5-9(13)7-10(14)6-8/h2-7,12,15H,1H3. The smallest absolute Gasteiger partial charge is 0.0669 e. The van der Waals surface area contributed by atoms with Crippen LogP contribution in [0, 0.1) is 0 Å². The van der Waals surface area contributed by atoms with Crippen LogP contribution in [0.1, 0.15) is 16.5 Å². The van der Waals surface area contributed by atoms with E-state index in [-0.39, 0.29) is 6.04 Å². The maximum atomic E-state index is 6.06. The van der Waals surface area contributed by atoms with E-state index in [2.05, 4.69) is 44.8 Å². The fraction of sp³-hybridized carbons (Fsp3) is 0.167. The van der Waals surface area contributed by atoms with Crippen molar-refractivity contribution in [2.45, 2.75) is 6.04 Å². The van der Waals surface area contributed by atoms with Crippen LogP contribution < -0.4 is 5.32 Å². The Bertz CT molecular complexity index is 450. The molecule has 0 spiro atoms. The first kappa shape index (κ1) is 12.1. The van der Waals surface area contributed by atoms with Crippen LogP contribution in [0.15, 0.2) is 40.2 Å². The van der Waals surface area contributed by atoms with Gasteiger partial charge in [-0.2, -0.15) is 0 Å². The monoisotopic (exact) mass is 315 g/mol. The number of hydrogen-bond donors (Lipinski definition) is 1. The van der Waals surface area contributed by atoms with Crippen molar-refractivity contribution in [1.29, 1.82) is 0 Å². The Morgan fingerprint density at radius 3 is 2.75 bits per heavy atom. The van der Waals surface area contributed by atoms with Gasteiger partial charge in [0.05, 0.1) is 6.04 Å². The summed E-state index contributed by atoms with van der Waals surface area (Å²) in [6.07, 6.45) is 0. The van der Waals surface area contributed by atoms with Crippen LogP contribution in [-0.2, 0) is 0 Å². The minimum atomic E-state index is 0.204. The van der Waals surface area contributed by atoms with Gasteiger partial charge in [0.1, 0.15) is 0 Å². The van der Waals surface area contributed by atoms with Gasteiger partial charge in [-0.15, -0.1) is 11.3 Å². The van der Waals surface area contributed by atoms with Crippen LogP contribution in [-0.4, -0.2) is 7.05 Å². The zero-order chi connectivity index (χ0) is 11.5. The molecule has 2 aromatic rings. The van der Waals surface area contributed by atoms with E-state index in [1.165, 1.54) is 10.4 Å². The third kappa shape index (κ3) is 2.66. The molecule has 0 aliphatic heterocycles. The Morgan fingerprint density at radius 1 is 1.38 bits per heavy atom. The molecule has 1 aromatic carbocycles. The Morgan fingerprint density at radius 2 is 2.19 bits per heavy atom. The Hall–Kier alpha value is -0.350. The highest BCUT2D eigenvalue weighted by molar-refractivity contribution is 9.10. The molecular formula is C12H11BrClNS. The van der Waals surface area contributed by atoms with E-state index in [0.29, 0.717) is 0 Å². The molecule has 16 heavy (non-hydrogen) atoms. The normalized spacial score (nSPS) is 12.7. The Balaban J connectivity index is 2.41. The van der Waals surface area contributed by atoms with Gasteiger partial charge in [0.15, 0.2) is 0 Å². The second-order valence-electron chi connectivity index (χ2n) is 3.44. The highest BCUT2D eigenvalue weighted by Gasteiger charge is 2.13. The zero-order valence-electron chi connectivity index (χ0n) is 8.71. The molecule has 0 amide bonds. The van der Waals surface area contributed by atoms with Gasteiger partial charge >= 0.3 is 0 Å². The summed E-state index contributed by atoms with van der Waals surface area (Å²) >= 11 is 11.3. The molecule has 2 rings (SSSR count). The summed E-state index contributed by atoms with van der Waals surface area (Å²) in [5.41, 5.74) is 1.17. The number of halogens is 2. The molecule has 0 aliphatic rings. The molecule has 0 bridgehead atoms. The first-order chi connectivity index (χ1) is 7.70. The molecule has 0 aliphatic carbocycles. The second-order valence-corrected chi connectivity index (χ2v) is 5.77. The lowest BCUT2D eigenvalue weighted by molar-refractivity contribution is 0.703. The van der Waals surface area contributed by atoms with Gasteiger partial charge in [-0.25, -0.2) is 0 Å². The van der Waals surface area contributed by atoms with Gasteiger partial charge in [0.25, 0.3) is 0 Å². The summed E-state index contributed by atoms with van der Waals surface area (Å²) in [4.78, 5) is 1.29. The van der Waals surface area contributed by atoms with Gasteiger partial charge in [-0.1, -0.05) is 33.6 Å². The molecular weight excluding hydrogens is 306 g/mol. The SMILES string of the molecule is CNC(c1cc(Cl)cc(Br)c1)c1cccs1. The molecule has 0 radical (unpaired) electrons. The van der Waals surface area contributed by atoms with Crippen molar-refractivity contribution in [3.05, 3.63) is 55.6 Å². The highest BCUT2D eigenvalue weighted by atomic mass is 79.9. The average Bonchev–Trinajstić information content (AvgIpc) is 2.70. The van der Waals surface area contributed by atoms with E-state index in [1.807, 2.05) is 19.2 Å². The molecule has 1 N–H and O–H groups in total. The van der Waals surface area contributed by atoms with Gasteiger partial charge in [-0.3, -0.25) is 0 Å². The summed E-state index contributed by atoms with van der Waals surface area (Å²) in [5.74, 6) is 0. The summed E-state index contributed by atoms with van der Waals surface area (Å²) in [7, 11) is 1.96. The fourth-order valence-electron chi connectivity index (χ4n) is 1.67. The van der Waals surface area contributed by atoms with E-state index in [9.17, 15) is 0 Å². The fourth-order valence-corrected chi connectivity index (χ4v) is 3.42. The summed E-state index contributed by atoms with van der Waals surface area (Å²) in [5, 5.41) is 6.14. The second kappa shape index (κ2) is 5.32. The molecule has 1 unspecified atom stereocenters. The third-order valence-corrected chi connectivity index (χ3v) is 3.95. The average molecular weight is 317 g/mol. The molecule has 0 saturated heterocycles. The van der Waals surface area contributed by atoms with Crippen molar-refractivity contribution < 1.29 is 0 Å². The van der Waals surface area contributed by atoms with Crippen molar-refractivity contribution in [1.82, 2.24) is 5.32 Å².